The van der Waals surface area contributed by atoms with Crippen LogP contribution in [-0.4, -0.2) is 11.6 Å². The van der Waals surface area contributed by atoms with Crippen LogP contribution in [0, 0.1) is 6.42 Å². The fourth-order valence-electron chi connectivity index (χ4n) is 1.75. The van der Waals surface area contributed by atoms with Gasteiger partial charge in [-0.3, -0.25) is 9.59 Å². The summed E-state index contributed by atoms with van der Waals surface area (Å²) in [6.45, 7) is 2.80. The van der Waals surface area contributed by atoms with E-state index in [9.17, 15) is 34.8 Å². The van der Waals surface area contributed by atoms with Crippen LogP contribution in [0.2, 0.25) is 5.02 Å². The number of hydrogen-bond acceptors (Lipinski definition) is 2. The molecule has 0 amide bonds. The molecule has 1 aromatic rings. The molecule has 0 saturated heterocycles. The fourth-order valence-corrected chi connectivity index (χ4v) is 2.00. The molecular formula is C16H16ClF6FeO2P-. The first-order valence-corrected chi connectivity index (χ1v) is 9.38. The molecule has 2 nitrogen and oxygen atoms in total. The molecule has 0 bridgehead atoms. The van der Waals surface area contributed by atoms with Gasteiger partial charge in [0, 0.05) is 28.5 Å². The van der Waals surface area contributed by atoms with Gasteiger partial charge >= 0.3 is 33.0 Å². The molecule has 27 heavy (non-hydrogen) atoms. The summed E-state index contributed by atoms with van der Waals surface area (Å²) in [6, 6.07) is 6.91. The quantitative estimate of drug-likeness (QED) is 0.199. The van der Waals surface area contributed by atoms with Gasteiger partial charge in [0.1, 0.15) is 17.5 Å². The Hall–Kier alpha value is -1.14. The van der Waals surface area contributed by atoms with E-state index in [1.54, 1.807) is 24.3 Å². The van der Waals surface area contributed by atoms with Crippen LogP contribution in [0.5, 0.6) is 0 Å². The van der Waals surface area contributed by atoms with Crippen molar-refractivity contribution in [1.29, 1.82) is 0 Å². The standard InChI is InChI=1S/C11H11ClO2.C5H5.F6P.Fe/c1-7(13)11(8(2)14)9-5-3-4-6-10(9)12;1-2-4-5-3-1;1-7(2,3,4,5)6;/h3-6,11H,1-2H3;1-5H;;/q;;-1;. The Labute approximate surface area is 168 Å². The minimum atomic E-state index is -10.7. The van der Waals surface area contributed by atoms with Crippen molar-refractivity contribution in [1.82, 2.24) is 0 Å². The molecule has 0 fully saturated rings. The number of benzene rings is 1. The Bertz CT molecular complexity index is 682. The van der Waals surface area contributed by atoms with Crippen LogP contribution < -0.4 is 0 Å². The van der Waals surface area contributed by atoms with Gasteiger partial charge in [-0.25, -0.2) is 0 Å². The molecule has 11 heteroatoms. The summed E-state index contributed by atoms with van der Waals surface area (Å²) in [5, 5.41) is 0.461. The zero-order chi connectivity index (χ0) is 20.7. The first kappa shape index (κ1) is 28.1. The zero-order valence-electron chi connectivity index (χ0n) is 14.0. The predicted molar refractivity (Wildman–Crippen MR) is 91.7 cm³/mol. The normalized spacial score (nSPS) is 14.6. The molecule has 0 unspecified atom stereocenters. The van der Waals surface area contributed by atoms with Gasteiger partial charge in [0.15, 0.2) is 0 Å². The van der Waals surface area contributed by atoms with Crippen LogP contribution in [0.3, 0.4) is 0 Å². The molecule has 0 heterocycles. The van der Waals surface area contributed by atoms with Crippen molar-refractivity contribution in [2.45, 2.75) is 19.8 Å². The van der Waals surface area contributed by atoms with Gasteiger partial charge in [-0.2, -0.15) is 0 Å². The van der Waals surface area contributed by atoms with Crippen LogP contribution in [0.15, 0.2) is 48.6 Å². The SMILES string of the molecule is CC(=O)C(C(C)=O)c1ccccc1Cl.F[P-](F)(F)(F)(F)F.[CH]1C=CC=C1.[Fe]. The van der Waals surface area contributed by atoms with E-state index in [2.05, 4.69) is 0 Å². The number of carbonyl (C=O) groups is 2. The Morgan fingerprint density at radius 2 is 1.22 bits per heavy atom. The minimum Gasteiger partial charge on any atom is -0.0767 e. The maximum Gasteiger partial charge on any atom is 0.00506 e. The van der Waals surface area contributed by atoms with E-state index in [1.807, 2.05) is 30.7 Å². The number of hydrogen-bond donors (Lipinski definition) is 0. The number of allylic oxidation sites excluding steroid dienone is 4. The molecule has 0 spiro atoms. The average molecular weight is 477 g/mol. The first-order valence-electron chi connectivity index (χ1n) is 6.97. The number of carbonyl (C=O) groups excluding carboxylic acids is 2. The van der Waals surface area contributed by atoms with E-state index >= 15 is 0 Å². The summed E-state index contributed by atoms with van der Waals surface area (Å²) in [5.41, 5.74) is 0.592. The summed E-state index contributed by atoms with van der Waals surface area (Å²) < 4.78 is 59.2. The maximum atomic E-state index is 11.3. The smallest absolute Gasteiger partial charge is 0.00506 e. The van der Waals surface area contributed by atoms with Crippen LogP contribution in [0.25, 0.3) is 0 Å². The summed E-state index contributed by atoms with van der Waals surface area (Å²) in [7, 11) is -10.7. The molecule has 0 saturated carbocycles. The van der Waals surface area contributed by atoms with Gasteiger partial charge in [-0.05, 0) is 25.5 Å². The van der Waals surface area contributed by atoms with Gasteiger partial charge in [-0.15, -0.1) is 0 Å². The average Bonchev–Trinajstić information content (AvgIpc) is 2.96. The Kier molecular flexibility index (Phi) is 10.3. The van der Waals surface area contributed by atoms with E-state index in [0.717, 1.165) is 0 Å². The minimum absolute atomic E-state index is 0. The molecule has 1 aliphatic rings. The summed E-state index contributed by atoms with van der Waals surface area (Å²) in [5.74, 6) is -1.07. The largest absolute Gasteiger partial charge is 0.0767 e. The Balaban J connectivity index is 0. The second-order valence-corrected chi connectivity index (χ2v) is 7.42. The number of Topliss-reactive ketones (excluding diaryl/α,β-unsaturated/α-hetero) is 2. The first-order chi connectivity index (χ1) is 11.5. The fraction of sp³-hybridized carbons (Fsp3) is 0.188. The van der Waals surface area contributed by atoms with E-state index in [4.69, 9.17) is 11.6 Å². The molecule has 0 atom stereocenters. The summed E-state index contributed by atoms with van der Waals surface area (Å²) >= 11 is 5.90. The van der Waals surface area contributed by atoms with Crippen molar-refractivity contribution in [3.8, 4) is 0 Å². The van der Waals surface area contributed by atoms with E-state index in [1.165, 1.54) is 13.8 Å². The van der Waals surface area contributed by atoms with E-state index < -0.39 is 13.7 Å². The number of ketones is 2. The summed E-state index contributed by atoms with van der Waals surface area (Å²) in [6.07, 6.45) is 10.0. The van der Waals surface area contributed by atoms with Crippen molar-refractivity contribution < 1.29 is 51.8 Å². The van der Waals surface area contributed by atoms with E-state index in [-0.39, 0.29) is 28.6 Å². The van der Waals surface area contributed by atoms with Crippen molar-refractivity contribution >= 4 is 31.0 Å². The van der Waals surface area contributed by atoms with Crippen molar-refractivity contribution in [2.24, 2.45) is 0 Å². The monoisotopic (exact) mass is 476 g/mol. The van der Waals surface area contributed by atoms with Crippen LogP contribution in [0.4, 0.5) is 25.2 Å². The third kappa shape index (κ3) is 18.0. The number of halogens is 7. The molecule has 2 rings (SSSR count). The van der Waals surface area contributed by atoms with Gasteiger partial charge in [0.2, 0.25) is 0 Å². The second kappa shape index (κ2) is 9.87. The van der Waals surface area contributed by atoms with Gasteiger partial charge in [0.25, 0.3) is 0 Å². The maximum absolute atomic E-state index is 11.3. The van der Waals surface area contributed by atoms with Gasteiger partial charge in [0.05, 0.1) is 0 Å². The second-order valence-electron chi connectivity index (χ2n) is 5.10. The molecule has 0 aliphatic heterocycles. The topological polar surface area (TPSA) is 34.1 Å². The number of rotatable bonds is 3. The summed E-state index contributed by atoms with van der Waals surface area (Å²) in [4.78, 5) is 22.5. The zero-order valence-corrected chi connectivity index (χ0v) is 16.8. The molecule has 1 aromatic carbocycles. The van der Waals surface area contributed by atoms with Gasteiger partial charge < -0.3 is 0 Å². The molecule has 0 aromatic heterocycles. The van der Waals surface area contributed by atoms with E-state index in [0.29, 0.717) is 10.6 Å². The van der Waals surface area contributed by atoms with Crippen LogP contribution in [0.1, 0.15) is 25.3 Å². The predicted octanol–water partition coefficient (Wildman–Crippen LogP) is 7.30. The Morgan fingerprint density at radius 1 is 0.852 bits per heavy atom. The van der Waals surface area contributed by atoms with Crippen molar-refractivity contribution in [3.05, 3.63) is 65.6 Å². The third-order valence-corrected chi connectivity index (χ3v) is 2.93. The van der Waals surface area contributed by atoms with Gasteiger partial charge in [-0.1, -0.05) is 54.1 Å². The molecule has 1 radical (unpaired) electrons. The molecule has 1 aliphatic carbocycles. The molecular weight excluding hydrogens is 460 g/mol. The van der Waals surface area contributed by atoms with Crippen molar-refractivity contribution in [2.75, 3.05) is 0 Å². The van der Waals surface area contributed by atoms with Crippen LogP contribution >= 0.6 is 19.4 Å². The Morgan fingerprint density at radius 3 is 1.48 bits per heavy atom. The van der Waals surface area contributed by atoms with Crippen LogP contribution in [-0.2, 0) is 26.7 Å². The molecule has 155 valence electrons. The third-order valence-electron chi connectivity index (χ3n) is 2.58. The van der Waals surface area contributed by atoms with Crippen molar-refractivity contribution in [3.63, 3.8) is 0 Å². The molecule has 0 N–H and O–H groups in total.